The van der Waals surface area contributed by atoms with Crippen molar-refractivity contribution in [3.05, 3.63) is 54.2 Å². The second kappa shape index (κ2) is 8.82. The van der Waals surface area contributed by atoms with E-state index in [1.807, 2.05) is 30.3 Å². The van der Waals surface area contributed by atoms with Crippen molar-refractivity contribution in [2.24, 2.45) is 0 Å². The number of carbonyl (C=O) groups is 2. The number of carbonyl (C=O) groups excluding carboxylic acids is 1. The van der Waals surface area contributed by atoms with Crippen LogP contribution < -0.4 is 11.1 Å². The number of anilines is 2. The molecule has 0 aliphatic carbocycles. The molecule has 0 fully saturated rings. The first kappa shape index (κ1) is 19.2. The summed E-state index contributed by atoms with van der Waals surface area (Å²) >= 11 is 0. The van der Waals surface area contributed by atoms with E-state index in [-0.39, 0.29) is 18.2 Å². The van der Waals surface area contributed by atoms with Gasteiger partial charge in [-0.2, -0.15) is 5.26 Å². The first-order chi connectivity index (χ1) is 13.0. The third-order valence-electron chi connectivity index (χ3n) is 3.55. The molecular formula is C19H17N5O3. The van der Waals surface area contributed by atoms with Crippen LogP contribution in [0.2, 0.25) is 0 Å². The van der Waals surface area contributed by atoms with Gasteiger partial charge < -0.3 is 21.1 Å². The molecule has 0 radical (unpaired) electrons. The highest BCUT2D eigenvalue weighted by atomic mass is 16.3. The zero-order valence-electron chi connectivity index (χ0n) is 14.4. The summed E-state index contributed by atoms with van der Waals surface area (Å²) in [5.74, 6) is 0.0492. The van der Waals surface area contributed by atoms with E-state index >= 15 is 0 Å². The van der Waals surface area contributed by atoms with E-state index in [0.29, 0.717) is 22.5 Å². The number of nitrogens with zero attached hydrogens (tertiary/aromatic N) is 2. The molecule has 27 heavy (non-hydrogen) atoms. The maximum Gasteiger partial charge on any atom is 0.290 e. The third-order valence-corrected chi connectivity index (χ3v) is 3.55. The monoisotopic (exact) mass is 363 g/mol. The molecule has 3 aromatic rings. The van der Waals surface area contributed by atoms with Crippen LogP contribution in [0.3, 0.4) is 0 Å². The van der Waals surface area contributed by atoms with E-state index in [1.54, 1.807) is 18.3 Å². The number of aromatic nitrogens is 2. The predicted molar refractivity (Wildman–Crippen MR) is 102 cm³/mol. The van der Waals surface area contributed by atoms with Gasteiger partial charge in [-0.1, -0.05) is 12.1 Å². The Kier molecular flexibility index (Phi) is 6.28. The van der Waals surface area contributed by atoms with Crippen LogP contribution in [0.1, 0.15) is 12.5 Å². The second-order valence-corrected chi connectivity index (χ2v) is 5.37. The summed E-state index contributed by atoms with van der Waals surface area (Å²) in [6.07, 6.45) is 1.80. The molecule has 136 valence electrons. The molecule has 0 atom stereocenters. The van der Waals surface area contributed by atoms with Crippen LogP contribution in [0.15, 0.2) is 48.7 Å². The van der Waals surface area contributed by atoms with Gasteiger partial charge >= 0.3 is 0 Å². The zero-order chi connectivity index (χ0) is 19.8. The Morgan fingerprint density at radius 1 is 1.33 bits per heavy atom. The molecule has 8 nitrogen and oxygen atoms in total. The minimum absolute atomic E-state index is 0.136. The maximum absolute atomic E-state index is 11.1. The average molecular weight is 363 g/mol. The Balaban J connectivity index is 0.000000817. The van der Waals surface area contributed by atoms with Crippen LogP contribution >= 0.6 is 0 Å². The van der Waals surface area contributed by atoms with Crippen molar-refractivity contribution in [1.82, 2.24) is 9.97 Å². The van der Waals surface area contributed by atoms with Gasteiger partial charge in [-0.15, -0.1) is 0 Å². The highest BCUT2D eigenvalue weighted by Crippen LogP contribution is 2.31. The number of nitrogens with one attached hydrogen (secondary N) is 2. The molecule has 1 amide bonds. The molecule has 3 rings (SSSR count). The van der Waals surface area contributed by atoms with Gasteiger partial charge in [0.1, 0.15) is 17.5 Å². The van der Waals surface area contributed by atoms with Crippen molar-refractivity contribution in [2.45, 2.75) is 6.92 Å². The number of nitriles is 1. The normalized spacial score (nSPS) is 9.48. The maximum atomic E-state index is 11.1. The Labute approximate surface area is 155 Å². The van der Waals surface area contributed by atoms with Crippen molar-refractivity contribution in [3.63, 3.8) is 0 Å². The standard InChI is InChI=1S/C18H15N5O.CH2O2/c1-11(24)22-13-6-4-12(5-7-13)14-9-17(16-3-2-8-21-16)23-18(20)15(14)10-19;2-1-3/h2-9,21H,1H3,(H2,20,23)(H,22,24);1H,(H,2,3). The number of nitrogen functional groups attached to an aromatic ring is 1. The summed E-state index contributed by atoms with van der Waals surface area (Å²) in [5, 5.41) is 19.0. The Bertz CT molecular complexity index is 974. The number of H-pyrrole nitrogens is 1. The van der Waals surface area contributed by atoms with E-state index in [4.69, 9.17) is 15.6 Å². The quantitative estimate of drug-likeness (QED) is 0.526. The summed E-state index contributed by atoms with van der Waals surface area (Å²) in [6.45, 7) is 1.20. The summed E-state index contributed by atoms with van der Waals surface area (Å²) in [7, 11) is 0. The van der Waals surface area contributed by atoms with Gasteiger partial charge in [-0.05, 0) is 35.9 Å². The van der Waals surface area contributed by atoms with E-state index in [0.717, 1.165) is 11.3 Å². The molecule has 0 saturated carbocycles. The SMILES string of the molecule is CC(=O)Nc1ccc(-c2cc(-c3ccc[nH]3)nc(N)c2C#N)cc1.O=CO. The lowest BCUT2D eigenvalue weighted by Crippen LogP contribution is -2.05. The van der Waals surface area contributed by atoms with Crippen molar-refractivity contribution in [1.29, 1.82) is 5.26 Å². The van der Waals surface area contributed by atoms with E-state index in [1.165, 1.54) is 6.92 Å². The average Bonchev–Trinajstić information content (AvgIpc) is 3.16. The number of hydrogen-bond acceptors (Lipinski definition) is 5. The molecule has 1 aromatic carbocycles. The van der Waals surface area contributed by atoms with Gasteiger partial charge in [0.2, 0.25) is 5.91 Å². The minimum atomic E-state index is -0.250. The molecule has 0 aliphatic rings. The zero-order valence-corrected chi connectivity index (χ0v) is 14.4. The topological polar surface area (TPSA) is 145 Å². The van der Waals surface area contributed by atoms with Crippen molar-refractivity contribution in [3.8, 4) is 28.6 Å². The fourth-order valence-electron chi connectivity index (χ4n) is 2.47. The fraction of sp³-hybridized carbons (Fsp3) is 0.0526. The number of carboxylic acid groups (broad SMARTS) is 1. The highest BCUT2D eigenvalue weighted by Gasteiger charge is 2.13. The third kappa shape index (κ3) is 4.70. The van der Waals surface area contributed by atoms with Gasteiger partial charge in [0.05, 0.1) is 11.4 Å². The fourth-order valence-corrected chi connectivity index (χ4v) is 2.47. The number of pyridine rings is 1. The van der Waals surface area contributed by atoms with E-state index < -0.39 is 0 Å². The van der Waals surface area contributed by atoms with Gasteiger partial charge in [0.25, 0.3) is 6.47 Å². The molecule has 0 saturated heterocycles. The van der Waals surface area contributed by atoms with Gasteiger partial charge in [-0.25, -0.2) is 4.98 Å². The summed E-state index contributed by atoms with van der Waals surface area (Å²) in [6, 6.07) is 14.9. The number of nitrogens with two attached hydrogens (primary N) is 1. The van der Waals surface area contributed by atoms with Crippen LogP contribution in [0, 0.1) is 11.3 Å². The molecule has 0 spiro atoms. The first-order valence-corrected chi connectivity index (χ1v) is 7.80. The van der Waals surface area contributed by atoms with Crippen molar-refractivity contribution >= 4 is 23.9 Å². The minimum Gasteiger partial charge on any atom is -0.483 e. The number of benzene rings is 1. The van der Waals surface area contributed by atoms with Crippen molar-refractivity contribution in [2.75, 3.05) is 11.1 Å². The van der Waals surface area contributed by atoms with Crippen LogP contribution in [-0.2, 0) is 9.59 Å². The number of aromatic amines is 1. The van der Waals surface area contributed by atoms with Gasteiger partial charge in [0.15, 0.2) is 0 Å². The summed E-state index contributed by atoms with van der Waals surface area (Å²) in [4.78, 5) is 26.8. The van der Waals surface area contributed by atoms with Gasteiger partial charge in [0, 0.05) is 24.4 Å². The lowest BCUT2D eigenvalue weighted by molar-refractivity contribution is -0.123. The molecule has 0 bridgehead atoms. The largest absolute Gasteiger partial charge is 0.483 e. The van der Waals surface area contributed by atoms with Gasteiger partial charge in [-0.3, -0.25) is 9.59 Å². The number of amides is 1. The summed E-state index contributed by atoms with van der Waals surface area (Å²) < 4.78 is 0. The van der Waals surface area contributed by atoms with Crippen LogP contribution in [0.4, 0.5) is 11.5 Å². The number of rotatable bonds is 3. The lowest BCUT2D eigenvalue weighted by Gasteiger charge is -2.10. The molecule has 5 N–H and O–H groups in total. The molecule has 0 unspecified atom stereocenters. The Morgan fingerprint density at radius 3 is 2.52 bits per heavy atom. The molecule has 8 heteroatoms. The Hall–Kier alpha value is -4.12. The van der Waals surface area contributed by atoms with Crippen LogP contribution in [-0.4, -0.2) is 27.5 Å². The Morgan fingerprint density at radius 2 is 2.00 bits per heavy atom. The number of hydrogen-bond donors (Lipinski definition) is 4. The van der Waals surface area contributed by atoms with Crippen molar-refractivity contribution < 1.29 is 14.7 Å². The second-order valence-electron chi connectivity index (χ2n) is 5.37. The molecule has 2 heterocycles. The predicted octanol–water partition coefficient (Wildman–Crippen LogP) is 2.86. The smallest absolute Gasteiger partial charge is 0.290 e. The highest BCUT2D eigenvalue weighted by molar-refractivity contribution is 5.89. The molecule has 2 aromatic heterocycles. The first-order valence-electron chi connectivity index (χ1n) is 7.80. The van der Waals surface area contributed by atoms with Crippen LogP contribution in [0.5, 0.6) is 0 Å². The molecule has 0 aliphatic heterocycles. The molecular weight excluding hydrogens is 346 g/mol. The van der Waals surface area contributed by atoms with E-state index in [2.05, 4.69) is 21.4 Å². The van der Waals surface area contributed by atoms with Crippen LogP contribution in [0.25, 0.3) is 22.5 Å². The van der Waals surface area contributed by atoms with E-state index in [9.17, 15) is 10.1 Å². The lowest BCUT2D eigenvalue weighted by atomic mass is 9.99. The summed E-state index contributed by atoms with van der Waals surface area (Å²) in [5.41, 5.74) is 10.00.